The van der Waals surface area contributed by atoms with Crippen LogP contribution >= 0.6 is 15.9 Å². The lowest BCUT2D eigenvalue weighted by atomic mass is 10.0. The summed E-state index contributed by atoms with van der Waals surface area (Å²) in [6.07, 6.45) is 1.87. The summed E-state index contributed by atoms with van der Waals surface area (Å²) >= 11 is 3.43. The van der Waals surface area contributed by atoms with E-state index < -0.39 is 0 Å². The van der Waals surface area contributed by atoms with Crippen LogP contribution in [0, 0.1) is 0 Å². The fraction of sp³-hybridized carbons (Fsp3) is 0.211. The number of para-hydroxylation sites is 1. The van der Waals surface area contributed by atoms with Gasteiger partial charge in [0.2, 0.25) is 0 Å². The Morgan fingerprint density at radius 3 is 2.88 bits per heavy atom. The van der Waals surface area contributed by atoms with Crippen LogP contribution in [0.15, 0.2) is 52.5 Å². The normalized spacial score (nSPS) is 14.0. The molecule has 1 heterocycles. The van der Waals surface area contributed by atoms with E-state index in [4.69, 9.17) is 9.47 Å². The van der Waals surface area contributed by atoms with Gasteiger partial charge in [-0.25, -0.2) is 0 Å². The lowest BCUT2D eigenvalue weighted by Crippen LogP contribution is -2.31. The molecule has 0 aromatic heterocycles. The second kappa shape index (κ2) is 7.09. The summed E-state index contributed by atoms with van der Waals surface area (Å²) in [4.78, 5) is 12.6. The van der Waals surface area contributed by atoms with Crippen LogP contribution in [0.2, 0.25) is 0 Å². The molecule has 1 aliphatic rings. The predicted molar refractivity (Wildman–Crippen MR) is 97.2 cm³/mol. The van der Waals surface area contributed by atoms with Crippen molar-refractivity contribution < 1.29 is 14.3 Å². The highest BCUT2D eigenvalue weighted by atomic mass is 79.9. The molecule has 5 heteroatoms. The monoisotopic (exact) mass is 387 g/mol. The minimum Gasteiger partial charge on any atom is -0.496 e. The molecule has 0 bridgehead atoms. The second-order valence-electron chi connectivity index (χ2n) is 5.58. The molecule has 0 saturated carbocycles. The van der Waals surface area contributed by atoms with Crippen molar-refractivity contribution in [2.45, 2.75) is 13.0 Å². The highest BCUT2D eigenvalue weighted by Gasteiger charge is 2.20. The average Bonchev–Trinajstić information content (AvgIpc) is 2.60. The summed E-state index contributed by atoms with van der Waals surface area (Å²) in [6.45, 7) is 2.20. The molecule has 4 nitrogen and oxygen atoms in total. The molecule has 1 amide bonds. The van der Waals surface area contributed by atoms with Gasteiger partial charge in [-0.2, -0.15) is 0 Å². The van der Waals surface area contributed by atoms with Crippen molar-refractivity contribution in [3.8, 4) is 11.5 Å². The Kier molecular flexibility index (Phi) is 4.90. The lowest BCUT2D eigenvalue weighted by Gasteiger charge is -2.21. The maximum Gasteiger partial charge on any atom is 0.251 e. The minimum absolute atomic E-state index is 0.140. The quantitative estimate of drug-likeness (QED) is 0.858. The van der Waals surface area contributed by atoms with E-state index in [0.29, 0.717) is 5.57 Å². The molecular weight excluding hydrogens is 370 g/mol. The van der Waals surface area contributed by atoms with Crippen molar-refractivity contribution >= 4 is 27.9 Å². The molecule has 124 valence electrons. The van der Waals surface area contributed by atoms with Crippen molar-refractivity contribution in [3.05, 3.63) is 63.6 Å². The van der Waals surface area contributed by atoms with Gasteiger partial charge in [0.25, 0.3) is 5.91 Å². The number of rotatable bonds is 4. The van der Waals surface area contributed by atoms with Gasteiger partial charge in [0.15, 0.2) is 0 Å². The molecule has 1 N–H and O–H groups in total. The van der Waals surface area contributed by atoms with Gasteiger partial charge in [0.1, 0.15) is 18.1 Å². The van der Waals surface area contributed by atoms with Gasteiger partial charge < -0.3 is 14.8 Å². The van der Waals surface area contributed by atoms with E-state index in [-0.39, 0.29) is 18.6 Å². The van der Waals surface area contributed by atoms with Crippen LogP contribution in [0.3, 0.4) is 0 Å². The first kappa shape index (κ1) is 16.6. The van der Waals surface area contributed by atoms with E-state index in [9.17, 15) is 4.79 Å². The highest BCUT2D eigenvalue weighted by Crippen LogP contribution is 2.30. The number of carbonyl (C=O) groups is 1. The number of carbonyl (C=O) groups excluding carboxylic acids is 1. The maximum atomic E-state index is 12.6. The standard InChI is InChI=1S/C19H18BrNO3/c1-12(16-5-3-4-6-18(16)23-2)21-19(22)14-9-13-10-15(20)7-8-17(13)24-11-14/h3-10,12H,11H2,1-2H3,(H,21,22). The van der Waals surface area contributed by atoms with Gasteiger partial charge in [-0.1, -0.05) is 34.1 Å². The van der Waals surface area contributed by atoms with Crippen molar-refractivity contribution in [3.63, 3.8) is 0 Å². The number of fused-ring (bicyclic) bond motifs is 1. The summed E-state index contributed by atoms with van der Waals surface area (Å²) in [5.41, 5.74) is 2.43. The smallest absolute Gasteiger partial charge is 0.251 e. The molecule has 0 saturated heterocycles. The third-order valence-electron chi connectivity index (χ3n) is 3.93. The molecule has 3 rings (SSSR count). The van der Waals surface area contributed by atoms with Crippen LogP contribution in [-0.4, -0.2) is 19.6 Å². The summed E-state index contributed by atoms with van der Waals surface area (Å²) in [6, 6.07) is 13.2. The van der Waals surface area contributed by atoms with Crippen molar-refractivity contribution in [2.24, 2.45) is 0 Å². The molecule has 0 aliphatic carbocycles. The van der Waals surface area contributed by atoms with Gasteiger partial charge in [0.05, 0.1) is 18.7 Å². The SMILES string of the molecule is COc1ccccc1C(C)NC(=O)C1=Cc2cc(Br)ccc2OC1. The van der Waals surface area contributed by atoms with E-state index >= 15 is 0 Å². The fourth-order valence-electron chi connectivity index (χ4n) is 2.67. The molecule has 2 aromatic rings. The fourth-order valence-corrected chi connectivity index (χ4v) is 3.05. The third kappa shape index (κ3) is 3.46. The van der Waals surface area contributed by atoms with E-state index in [1.165, 1.54) is 0 Å². The Labute approximate surface area is 149 Å². The Morgan fingerprint density at radius 2 is 2.08 bits per heavy atom. The zero-order valence-corrected chi connectivity index (χ0v) is 15.1. The maximum absolute atomic E-state index is 12.6. The molecule has 1 atom stereocenters. The van der Waals surface area contributed by atoms with Gasteiger partial charge in [0, 0.05) is 15.6 Å². The third-order valence-corrected chi connectivity index (χ3v) is 4.42. The lowest BCUT2D eigenvalue weighted by molar-refractivity contribution is -0.118. The van der Waals surface area contributed by atoms with Crippen LogP contribution in [-0.2, 0) is 4.79 Å². The Hall–Kier alpha value is -2.27. The van der Waals surface area contributed by atoms with Gasteiger partial charge in [-0.05, 0) is 37.3 Å². The van der Waals surface area contributed by atoms with Crippen molar-refractivity contribution in [1.29, 1.82) is 0 Å². The number of methoxy groups -OCH3 is 1. The first-order chi connectivity index (χ1) is 11.6. The second-order valence-corrected chi connectivity index (χ2v) is 6.49. The Morgan fingerprint density at radius 1 is 1.29 bits per heavy atom. The number of benzene rings is 2. The van der Waals surface area contributed by atoms with Gasteiger partial charge in [-0.15, -0.1) is 0 Å². The number of hydrogen-bond acceptors (Lipinski definition) is 3. The summed E-state index contributed by atoms with van der Waals surface area (Å²) in [5, 5.41) is 3.01. The Balaban J connectivity index is 1.78. The van der Waals surface area contributed by atoms with Crippen molar-refractivity contribution in [2.75, 3.05) is 13.7 Å². The van der Waals surface area contributed by atoms with Crippen LogP contribution in [0.1, 0.15) is 24.1 Å². The van der Waals surface area contributed by atoms with E-state index in [2.05, 4.69) is 21.2 Å². The number of halogens is 1. The molecule has 24 heavy (non-hydrogen) atoms. The van der Waals surface area contributed by atoms with Crippen LogP contribution in [0.4, 0.5) is 0 Å². The summed E-state index contributed by atoms with van der Waals surface area (Å²) in [5.74, 6) is 1.40. The number of nitrogens with one attached hydrogen (secondary N) is 1. The van der Waals surface area contributed by atoms with Gasteiger partial charge >= 0.3 is 0 Å². The average molecular weight is 388 g/mol. The van der Waals surface area contributed by atoms with Crippen molar-refractivity contribution in [1.82, 2.24) is 5.32 Å². The molecule has 1 aliphatic heterocycles. The predicted octanol–water partition coefficient (Wildman–Crippen LogP) is 4.11. The Bertz CT molecular complexity index is 801. The zero-order valence-electron chi connectivity index (χ0n) is 13.5. The molecule has 1 unspecified atom stereocenters. The first-order valence-corrected chi connectivity index (χ1v) is 8.44. The molecule has 0 spiro atoms. The van der Waals surface area contributed by atoms with Crippen LogP contribution < -0.4 is 14.8 Å². The molecular formula is C19H18BrNO3. The van der Waals surface area contributed by atoms with Gasteiger partial charge in [-0.3, -0.25) is 4.79 Å². The first-order valence-electron chi connectivity index (χ1n) is 7.65. The van der Waals surface area contributed by atoms with Crippen LogP contribution in [0.5, 0.6) is 11.5 Å². The number of ether oxygens (including phenoxy) is 2. The van der Waals surface area contributed by atoms with E-state index in [0.717, 1.165) is 27.1 Å². The molecule has 0 radical (unpaired) electrons. The minimum atomic E-state index is -0.168. The number of hydrogen-bond donors (Lipinski definition) is 1. The van der Waals surface area contributed by atoms with E-state index in [1.54, 1.807) is 7.11 Å². The molecule has 0 fully saturated rings. The topological polar surface area (TPSA) is 47.6 Å². The summed E-state index contributed by atoms with van der Waals surface area (Å²) < 4.78 is 12.0. The zero-order chi connectivity index (χ0) is 17.1. The molecule has 2 aromatic carbocycles. The number of amides is 1. The highest BCUT2D eigenvalue weighted by molar-refractivity contribution is 9.10. The van der Waals surface area contributed by atoms with Crippen LogP contribution in [0.25, 0.3) is 6.08 Å². The largest absolute Gasteiger partial charge is 0.496 e. The summed E-state index contributed by atoms with van der Waals surface area (Å²) in [7, 11) is 1.62. The van der Waals surface area contributed by atoms with E-state index in [1.807, 2.05) is 55.5 Å².